The minimum Gasteiger partial charge on any atom is -0.468 e. The predicted molar refractivity (Wildman–Crippen MR) is 88.9 cm³/mol. The molecule has 3 heterocycles. The molecule has 6 nitrogen and oxygen atoms in total. The van der Waals surface area contributed by atoms with E-state index in [0.717, 1.165) is 24.1 Å². The summed E-state index contributed by atoms with van der Waals surface area (Å²) in [6.45, 7) is 0.701. The molecule has 1 aromatic rings. The molecule has 6 heteroatoms. The Morgan fingerprint density at radius 2 is 2.12 bits per heavy atom. The Labute approximate surface area is 145 Å². The average molecular weight is 340 g/mol. The SMILES string of the molecule is COC(=O)C1C(=O)[C@H]2CCCN3C(=O)C[C@]4(c5ccccc5N[C@H]14)[C@@H]23. The zero-order chi connectivity index (χ0) is 17.3. The lowest BCUT2D eigenvalue weighted by molar-refractivity contribution is -0.156. The molecule has 0 bridgehead atoms. The first-order valence-corrected chi connectivity index (χ1v) is 8.86. The number of hydrogen-bond donors (Lipinski definition) is 1. The third kappa shape index (κ3) is 1.62. The van der Waals surface area contributed by atoms with E-state index in [2.05, 4.69) is 5.32 Å². The molecule has 1 amide bonds. The summed E-state index contributed by atoms with van der Waals surface area (Å²) in [5.74, 6) is -1.61. The number of amides is 1. The maximum absolute atomic E-state index is 13.2. The van der Waals surface area contributed by atoms with Crippen LogP contribution in [0.5, 0.6) is 0 Å². The van der Waals surface area contributed by atoms with Crippen LogP contribution >= 0.6 is 0 Å². The van der Waals surface area contributed by atoms with Crippen LogP contribution in [0.2, 0.25) is 0 Å². The smallest absolute Gasteiger partial charge is 0.318 e. The van der Waals surface area contributed by atoms with E-state index in [0.29, 0.717) is 13.0 Å². The third-order valence-corrected chi connectivity index (χ3v) is 6.68. The van der Waals surface area contributed by atoms with Gasteiger partial charge in [0.1, 0.15) is 5.92 Å². The van der Waals surface area contributed by atoms with E-state index in [1.807, 2.05) is 29.2 Å². The van der Waals surface area contributed by atoms with Gasteiger partial charge in [-0.05, 0) is 24.5 Å². The lowest BCUT2D eigenvalue weighted by Crippen LogP contribution is -2.66. The summed E-state index contributed by atoms with van der Waals surface area (Å²) in [6.07, 6.45) is 1.89. The molecule has 4 aliphatic rings. The largest absolute Gasteiger partial charge is 0.468 e. The summed E-state index contributed by atoms with van der Waals surface area (Å²) in [4.78, 5) is 40.4. The molecule has 5 atom stereocenters. The third-order valence-electron chi connectivity index (χ3n) is 6.68. The van der Waals surface area contributed by atoms with E-state index in [1.54, 1.807) is 0 Å². The summed E-state index contributed by atoms with van der Waals surface area (Å²) in [5.41, 5.74) is 1.47. The molecule has 130 valence electrons. The van der Waals surface area contributed by atoms with Crippen molar-refractivity contribution >= 4 is 23.3 Å². The van der Waals surface area contributed by atoms with Gasteiger partial charge >= 0.3 is 5.97 Å². The van der Waals surface area contributed by atoms with E-state index in [4.69, 9.17) is 4.74 Å². The van der Waals surface area contributed by atoms with Gasteiger partial charge in [0, 0.05) is 30.0 Å². The van der Waals surface area contributed by atoms with Crippen LogP contribution in [0.15, 0.2) is 24.3 Å². The van der Waals surface area contributed by atoms with Crippen molar-refractivity contribution in [2.45, 2.75) is 36.8 Å². The number of para-hydroxylation sites is 1. The summed E-state index contributed by atoms with van der Waals surface area (Å²) in [7, 11) is 1.32. The highest BCUT2D eigenvalue weighted by atomic mass is 16.5. The number of rotatable bonds is 1. The van der Waals surface area contributed by atoms with E-state index >= 15 is 0 Å². The van der Waals surface area contributed by atoms with Crippen molar-refractivity contribution in [3.05, 3.63) is 29.8 Å². The second-order valence-electron chi connectivity index (χ2n) is 7.57. The first kappa shape index (κ1) is 14.9. The number of nitrogens with one attached hydrogen (secondary N) is 1. The van der Waals surface area contributed by atoms with Crippen molar-refractivity contribution in [3.8, 4) is 0 Å². The van der Waals surface area contributed by atoms with Gasteiger partial charge in [-0.3, -0.25) is 14.4 Å². The number of piperidine rings is 1. The molecule has 1 unspecified atom stereocenters. The summed E-state index contributed by atoms with van der Waals surface area (Å²) < 4.78 is 4.98. The number of carbonyl (C=O) groups excluding carboxylic acids is 3. The van der Waals surface area contributed by atoms with Crippen LogP contribution in [-0.2, 0) is 24.5 Å². The Hall–Kier alpha value is -2.37. The first-order valence-electron chi connectivity index (χ1n) is 8.86. The molecule has 1 N–H and O–H groups in total. The first-order chi connectivity index (χ1) is 12.1. The predicted octanol–water partition coefficient (Wildman–Crippen LogP) is 1.10. The van der Waals surface area contributed by atoms with Crippen LogP contribution in [0.3, 0.4) is 0 Å². The fourth-order valence-electron chi connectivity index (χ4n) is 5.85. The zero-order valence-electron chi connectivity index (χ0n) is 14.0. The highest BCUT2D eigenvalue weighted by Crippen LogP contribution is 2.59. The van der Waals surface area contributed by atoms with Gasteiger partial charge in [-0.2, -0.15) is 0 Å². The van der Waals surface area contributed by atoms with Gasteiger partial charge in [0.2, 0.25) is 5.91 Å². The summed E-state index contributed by atoms with van der Waals surface area (Å²) >= 11 is 0. The number of benzene rings is 1. The Balaban J connectivity index is 1.76. The van der Waals surface area contributed by atoms with Crippen LogP contribution in [0.4, 0.5) is 5.69 Å². The molecule has 0 aromatic heterocycles. The van der Waals surface area contributed by atoms with E-state index in [-0.39, 0.29) is 23.7 Å². The average Bonchev–Trinajstić information content (AvgIpc) is 3.12. The second-order valence-corrected chi connectivity index (χ2v) is 7.57. The Morgan fingerprint density at radius 1 is 1.32 bits per heavy atom. The van der Waals surface area contributed by atoms with Crippen molar-refractivity contribution in [3.63, 3.8) is 0 Å². The van der Waals surface area contributed by atoms with Gasteiger partial charge in [-0.1, -0.05) is 18.2 Å². The minimum atomic E-state index is -0.857. The number of ketones is 1. The van der Waals surface area contributed by atoms with Gasteiger partial charge in [0.05, 0.1) is 19.2 Å². The van der Waals surface area contributed by atoms with Gasteiger partial charge in [0.25, 0.3) is 0 Å². The molecule has 1 aliphatic carbocycles. The number of ether oxygens (including phenoxy) is 1. The summed E-state index contributed by atoms with van der Waals surface area (Å²) in [6, 6.07) is 7.33. The Morgan fingerprint density at radius 3 is 2.92 bits per heavy atom. The quantitative estimate of drug-likeness (QED) is 0.612. The Bertz CT molecular complexity index is 806. The number of nitrogens with zero attached hydrogens (tertiary/aromatic N) is 1. The molecule has 3 aliphatic heterocycles. The number of carbonyl (C=O) groups is 3. The monoisotopic (exact) mass is 340 g/mol. The molecule has 2 saturated heterocycles. The number of fused-ring (bicyclic) bond motifs is 1. The molecular formula is C19H20N2O4. The van der Waals surface area contributed by atoms with Crippen LogP contribution < -0.4 is 5.32 Å². The molecule has 25 heavy (non-hydrogen) atoms. The molecule has 5 rings (SSSR count). The minimum absolute atomic E-state index is 0.0721. The van der Waals surface area contributed by atoms with Crippen LogP contribution in [0.25, 0.3) is 0 Å². The molecule has 1 saturated carbocycles. The van der Waals surface area contributed by atoms with Crippen LogP contribution in [0, 0.1) is 11.8 Å². The van der Waals surface area contributed by atoms with Crippen molar-refractivity contribution in [1.29, 1.82) is 0 Å². The van der Waals surface area contributed by atoms with Crippen LogP contribution in [0.1, 0.15) is 24.8 Å². The highest BCUT2D eigenvalue weighted by molar-refractivity contribution is 6.05. The number of Topliss-reactive ketones (excluding diaryl/α,β-unsaturated/α-hetero) is 1. The molecule has 0 radical (unpaired) electrons. The zero-order valence-corrected chi connectivity index (χ0v) is 14.0. The van der Waals surface area contributed by atoms with Crippen molar-refractivity contribution in [2.75, 3.05) is 19.0 Å². The normalized spacial score (nSPS) is 37.9. The maximum atomic E-state index is 13.2. The fourth-order valence-corrected chi connectivity index (χ4v) is 5.85. The molecule has 1 aromatic carbocycles. The van der Waals surface area contributed by atoms with Gasteiger partial charge < -0.3 is 15.0 Å². The maximum Gasteiger partial charge on any atom is 0.318 e. The van der Waals surface area contributed by atoms with Gasteiger partial charge in [-0.15, -0.1) is 0 Å². The standard InChI is InChI=1S/C19H20N2O4/c1-25-18(24)14-15(23)10-5-4-8-21-13(22)9-19(17(10)21)11-6-2-3-7-12(11)20-16(14)19/h2-3,6-7,10,14,16-17,20H,4-5,8-9H2,1H3/t10-,14?,16-,17-,19-/m1/s1. The molecule has 1 spiro atoms. The number of anilines is 1. The number of methoxy groups -OCH3 is 1. The molecule has 3 fully saturated rings. The lowest BCUT2D eigenvalue weighted by atomic mass is 9.56. The van der Waals surface area contributed by atoms with Crippen molar-refractivity contribution in [2.24, 2.45) is 11.8 Å². The summed E-state index contributed by atoms with van der Waals surface area (Å²) in [5, 5.41) is 3.40. The second kappa shape index (κ2) is 4.84. The number of esters is 1. The van der Waals surface area contributed by atoms with Gasteiger partial charge in [0.15, 0.2) is 5.78 Å². The van der Waals surface area contributed by atoms with Crippen molar-refractivity contribution < 1.29 is 19.1 Å². The van der Waals surface area contributed by atoms with Crippen LogP contribution in [-0.4, -0.2) is 48.3 Å². The molecular weight excluding hydrogens is 320 g/mol. The van der Waals surface area contributed by atoms with E-state index in [9.17, 15) is 14.4 Å². The number of hydrogen-bond acceptors (Lipinski definition) is 5. The fraction of sp³-hybridized carbons (Fsp3) is 0.526. The Kier molecular flexibility index (Phi) is 2.89. The highest BCUT2D eigenvalue weighted by Gasteiger charge is 2.70. The van der Waals surface area contributed by atoms with Gasteiger partial charge in [-0.25, -0.2) is 0 Å². The van der Waals surface area contributed by atoms with E-state index in [1.165, 1.54) is 7.11 Å². The van der Waals surface area contributed by atoms with Crippen molar-refractivity contribution in [1.82, 2.24) is 4.90 Å². The van der Waals surface area contributed by atoms with E-state index < -0.39 is 23.3 Å². The lowest BCUT2D eigenvalue weighted by Gasteiger charge is -2.51. The topological polar surface area (TPSA) is 75.7 Å².